The molecule has 1 aliphatic heterocycles. The van der Waals surface area contributed by atoms with Gasteiger partial charge in [-0.15, -0.1) is 0 Å². The Bertz CT molecular complexity index is 967. The zero-order valence-electron chi connectivity index (χ0n) is 15.5. The molecule has 0 unspecified atom stereocenters. The molecule has 6 nitrogen and oxygen atoms in total. The minimum absolute atomic E-state index is 0.0350. The van der Waals surface area contributed by atoms with Crippen LogP contribution in [0.3, 0.4) is 0 Å². The SMILES string of the molecule is CCOC(=O)c1cccc(NC2=C(Cl)C(=O)N(c3ccc(CC)cc3)C2=O)c1. The van der Waals surface area contributed by atoms with Gasteiger partial charge in [0.15, 0.2) is 0 Å². The minimum atomic E-state index is -0.597. The molecule has 0 aliphatic carbocycles. The predicted molar refractivity (Wildman–Crippen MR) is 107 cm³/mol. The minimum Gasteiger partial charge on any atom is -0.462 e. The molecule has 2 aromatic rings. The molecular weight excluding hydrogens is 380 g/mol. The van der Waals surface area contributed by atoms with E-state index in [0.29, 0.717) is 16.9 Å². The van der Waals surface area contributed by atoms with Gasteiger partial charge in [-0.05, 0) is 49.2 Å². The average molecular weight is 399 g/mol. The molecule has 1 aliphatic rings. The van der Waals surface area contributed by atoms with Crippen molar-refractivity contribution in [1.29, 1.82) is 0 Å². The Kier molecular flexibility index (Phi) is 5.80. The Balaban J connectivity index is 1.84. The third-order valence-corrected chi connectivity index (χ3v) is 4.62. The lowest BCUT2D eigenvalue weighted by Crippen LogP contribution is -2.32. The van der Waals surface area contributed by atoms with Gasteiger partial charge in [-0.25, -0.2) is 9.69 Å². The first-order valence-electron chi connectivity index (χ1n) is 8.88. The zero-order valence-corrected chi connectivity index (χ0v) is 16.2. The number of carbonyl (C=O) groups is 3. The van der Waals surface area contributed by atoms with Crippen LogP contribution in [-0.2, 0) is 20.7 Å². The molecule has 0 bridgehead atoms. The van der Waals surface area contributed by atoms with Crippen molar-refractivity contribution in [1.82, 2.24) is 0 Å². The number of benzene rings is 2. The Morgan fingerprint density at radius 1 is 1.07 bits per heavy atom. The number of imide groups is 1. The normalized spacial score (nSPS) is 13.9. The third-order valence-electron chi connectivity index (χ3n) is 4.27. The van der Waals surface area contributed by atoms with E-state index in [1.54, 1.807) is 37.3 Å². The number of hydrogen-bond acceptors (Lipinski definition) is 5. The fourth-order valence-electron chi connectivity index (χ4n) is 2.81. The second-order valence-electron chi connectivity index (χ2n) is 6.08. The molecule has 28 heavy (non-hydrogen) atoms. The quantitative estimate of drug-likeness (QED) is 0.590. The van der Waals surface area contributed by atoms with Crippen LogP contribution in [0.5, 0.6) is 0 Å². The molecule has 0 radical (unpaired) electrons. The highest BCUT2D eigenvalue weighted by molar-refractivity contribution is 6.53. The van der Waals surface area contributed by atoms with Crippen LogP contribution >= 0.6 is 11.6 Å². The average Bonchev–Trinajstić information content (AvgIpc) is 2.92. The van der Waals surface area contributed by atoms with Crippen LogP contribution in [0.2, 0.25) is 0 Å². The lowest BCUT2D eigenvalue weighted by molar-refractivity contribution is -0.120. The Morgan fingerprint density at radius 2 is 1.79 bits per heavy atom. The van der Waals surface area contributed by atoms with E-state index in [-0.39, 0.29) is 17.3 Å². The van der Waals surface area contributed by atoms with Gasteiger partial charge in [0.25, 0.3) is 11.8 Å². The van der Waals surface area contributed by atoms with Crippen molar-refractivity contribution in [3.05, 3.63) is 70.4 Å². The highest BCUT2D eigenvalue weighted by Gasteiger charge is 2.38. The second kappa shape index (κ2) is 8.27. The number of nitrogens with one attached hydrogen (secondary N) is 1. The van der Waals surface area contributed by atoms with Crippen molar-refractivity contribution in [2.24, 2.45) is 0 Å². The van der Waals surface area contributed by atoms with Crippen molar-refractivity contribution >= 4 is 40.8 Å². The molecule has 144 valence electrons. The van der Waals surface area contributed by atoms with Crippen molar-refractivity contribution in [3.63, 3.8) is 0 Å². The Hall–Kier alpha value is -3.12. The summed E-state index contributed by atoms with van der Waals surface area (Å²) in [6.45, 7) is 3.99. The molecular formula is C21H19ClN2O4. The van der Waals surface area contributed by atoms with Crippen LogP contribution in [0.1, 0.15) is 29.8 Å². The van der Waals surface area contributed by atoms with Crippen LogP contribution in [0.25, 0.3) is 0 Å². The van der Waals surface area contributed by atoms with Gasteiger partial charge in [-0.1, -0.05) is 36.7 Å². The third kappa shape index (κ3) is 3.77. The van der Waals surface area contributed by atoms with Crippen molar-refractivity contribution in [2.45, 2.75) is 20.3 Å². The largest absolute Gasteiger partial charge is 0.462 e. The van der Waals surface area contributed by atoms with Crippen LogP contribution in [0, 0.1) is 0 Å². The fraction of sp³-hybridized carbons (Fsp3) is 0.190. The summed E-state index contributed by atoms with van der Waals surface area (Å²) in [4.78, 5) is 38.3. The van der Waals surface area contributed by atoms with Crippen molar-refractivity contribution in [3.8, 4) is 0 Å². The van der Waals surface area contributed by atoms with E-state index in [2.05, 4.69) is 5.32 Å². The molecule has 1 heterocycles. The van der Waals surface area contributed by atoms with E-state index in [1.807, 2.05) is 19.1 Å². The number of hydrogen-bond donors (Lipinski definition) is 1. The van der Waals surface area contributed by atoms with Crippen molar-refractivity contribution < 1.29 is 19.1 Å². The van der Waals surface area contributed by atoms with E-state index in [1.165, 1.54) is 6.07 Å². The molecule has 0 saturated carbocycles. The van der Waals surface area contributed by atoms with Gasteiger partial charge in [0.05, 0.1) is 17.9 Å². The summed E-state index contributed by atoms with van der Waals surface area (Å²) in [5, 5.41) is 2.66. The molecule has 7 heteroatoms. The maximum Gasteiger partial charge on any atom is 0.338 e. The number of nitrogens with zero attached hydrogens (tertiary/aromatic N) is 1. The highest BCUT2D eigenvalue weighted by atomic mass is 35.5. The summed E-state index contributed by atoms with van der Waals surface area (Å²) >= 11 is 6.14. The Morgan fingerprint density at radius 3 is 2.43 bits per heavy atom. The maximum atomic E-state index is 12.8. The van der Waals surface area contributed by atoms with E-state index >= 15 is 0 Å². The van der Waals surface area contributed by atoms with Crippen LogP contribution in [-0.4, -0.2) is 24.4 Å². The summed E-state index contributed by atoms with van der Waals surface area (Å²) in [5.74, 6) is -1.63. The first-order valence-corrected chi connectivity index (χ1v) is 9.25. The summed E-state index contributed by atoms with van der Waals surface area (Å²) in [7, 11) is 0. The number of rotatable bonds is 6. The smallest absolute Gasteiger partial charge is 0.338 e. The van der Waals surface area contributed by atoms with Crippen LogP contribution < -0.4 is 10.2 Å². The molecule has 0 atom stereocenters. The predicted octanol–water partition coefficient (Wildman–Crippen LogP) is 3.86. The van der Waals surface area contributed by atoms with Gasteiger partial charge in [-0.3, -0.25) is 9.59 Å². The standard InChI is InChI=1S/C21H19ClN2O4/c1-3-13-8-10-16(11-9-13)24-19(25)17(22)18(20(24)26)23-15-7-5-6-14(12-15)21(27)28-4-2/h5-12,23H,3-4H2,1-2H3. The van der Waals surface area contributed by atoms with Gasteiger partial charge in [0.2, 0.25) is 0 Å². The lowest BCUT2D eigenvalue weighted by Gasteiger charge is -2.15. The fourth-order valence-corrected chi connectivity index (χ4v) is 3.02. The topological polar surface area (TPSA) is 75.7 Å². The summed E-state index contributed by atoms with van der Waals surface area (Å²) in [5.41, 5.74) is 2.28. The first-order chi connectivity index (χ1) is 13.5. The molecule has 2 aromatic carbocycles. The highest BCUT2D eigenvalue weighted by Crippen LogP contribution is 2.30. The monoisotopic (exact) mass is 398 g/mol. The van der Waals surface area contributed by atoms with Crippen LogP contribution in [0.4, 0.5) is 11.4 Å². The van der Waals surface area contributed by atoms with Gasteiger partial charge < -0.3 is 10.1 Å². The molecule has 2 amide bonds. The zero-order chi connectivity index (χ0) is 20.3. The summed E-state index contributed by atoms with van der Waals surface area (Å²) < 4.78 is 4.97. The van der Waals surface area contributed by atoms with Gasteiger partial charge in [0, 0.05) is 5.69 Å². The van der Waals surface area contributed by atoms with E-state index in [0.717, 1.165) is 16.9 Å². The number of aryl methyl sites for hydroxylation is 1. The molecule has 0 saturated heterocycles. The first kappa shape index (κ1) is 19.6. The van der Waals surface area contributed by atoms with E-state index in [9.17, 15) is 14.4 Å². The van der Waals surface area contributed by atoms with Crippen LogP contribution in [0.15, 0.2) is 59.3 Å². The number of esters is 1. The van der Waals surface area contributed by atoms with Gasteiger partial charge in [0.1, 0.15) is 10.7 Å². The number of ether oxygens (including phenoxy) is 1. The Labute approximate surface area is 167 Å². The number of carbonyl (C=O) groups excluding carboxylic acids is 3. The molecule has 0 spiro atoms. The lowest BCUT2D eigenvalue weighted by atomic mass is 10.1. The number of halogens is 1. The number of amides is 2. The second-order valence-corrected chi connectivity index (χ2v) is 6.46. The summed E-state index contributed by atoms with van der Waals surface area (Å²) in [6.07, 6.45) is 0.852. The molecule has 1 N–H and O–H groups in total. The van der Waals surface area contributed by atoms with Gasteiger partial charge in [-0.2, -0.15) is 0 Å². The van der Waals surface area contributed by atoms with E-state index < -0.39 is 17.8 Å². The maximum absolute atomic E-state index is 12.8. The molecule has 0 aromatic heterocycles. The summed E-state index contributed by atoms with van der Waals surface area (Å²) in [6, 6.07) is 13.6. The van der Waals surface area contributed by atoms with Gasteiger partial charge >= 0.3 is 5.97 Å². The van der Waals surface area contributed by atoms with Crippen molar-refractivity contribution in [2.75, 3.05) is 16.8 Å². The molecule has 3 rings (SSSR count). The molecule has 0 fully saturated rings. The number of anilines is 2. The van der Waals surface area contributed by atoms with E-state index in [4.69, 9.17) is 16.3 Å².